The molecule has 0 fully saturated rings. The first-order valence-electron chi connectivity index (χ1n) is 7.14. The molecule has 23 heavy (non-hydrogen) atoms. The van der Waals surface area contributed by atoms with Gasteiger partial charge >= 0.3 is 6.03 Å². The first-order chi connectivity index (χ1) is 10.8. The van der Waals surface area contributed by atoms with Crippen LogP contribution in [0.2, 0.25) is 0 Å². The number of nitrogens with two attached hydrogens (primary N) is 1. The largest absolute Gasteiger partial charge is 0.378 e. The van der Waals surface area contributed by atoms with Gasteiger partial charge in [0.25, 0.3) is 5.69 Å². The van der Waals surface area contributed by atoms with Crippen LogP contribution in [0, 0.1) is 16.0 Å². The van der Waals surface area contributed by atoms with Crippen LogP contribution in [0.1, 0.15) is 13.8 Å². The van der Waals surface area contributed by atoms with Crippen LogP contribution in [0.25, 0.3) is 0 Å². The minimum absolute atomic E-state index is 0.0331. The van der Waals surface area contributed by atoms with E-state index in [4.69, 9.17) is 5.73 Å². The number of nitro groups is 1. The Morgan fingerprint density at radius 3 is 2.48 bits per heavy atom. The van der Waals surface area contributed by atoms with Crippen LogP contribution < -0.4 is 21.7 Å². The van der Waals surface area contributed by atoms with E-state index in [1.165, 1.54) is 6.07 Å². The van der Waals surface area contributed by atoms with E-state index in [9.17, 15) is 19.7 Å². The van der Waals surface area contributed by atoms with Crippen LogP contribution in [0.4, 0.5) is 16.2 Å². The number of para-hydroxylation sites is 2. The molecule has 1 atom stereocenters. The molecule has 9 nitrogen and oxygen atoms in total. The summed E-state index contributed by atoms with van der Waals surface area (Å²) in [5, 5.41) is 18.8. The Hall–Kier alpha value is -2.84. The van der Waals surface area contributed by atoms with Gasteiger partial charge in [-0.1, -0.05) is 26.0 Å². The van der Waals surface area contributed by atoms with E-state index >= 15 is 0 Å². The van der Waals surface area contributed by atoms with Gasteiger partial charge in [-0.3, -0.25) is 14.9 Å². The molecular formula is C14H21N5O4. The van der Waals surface area contributed by atoms with E-state index in [2.05, 4.69) is 16.0 Å². The summed E-state index contributed by atoms with van der Waals surface area (Å²) in [6.45, 7) is 4.12. The molecule has 5 N–H and O–H groups in total. The molecule has 0 bridgehead atoms. The Morgan fingerprint density at radius 1 is 1.26 bits per heavy atom. The summed E-state index contributed by atoms with van der Waals surface area (Å²) in [7, 11) is 0. The molecule has 0 spiro atoms. The lowest BCUT2D eigenvalue weighted by molar-refractivity contribution is -0.384. The molecule has 0 aliphatic carbocycles. The lowest BCUT2D eigenvalue weighted by atomic mass is 10.0. The number of amides is 3. The maximum absolute atomic E-state index is 12.0. The third-order valence-corrected chi connectivity index (χ3v) is 3.09. The van der Waals surface area contributed by atoms with Crippen molar-refractivity contribution >= 4 is 23.3 Å². The third kappa shape index (κ3) is 5.81. The highest BCUT2D eigenvalue weighted by molar-refractivity contribution is 5.86. The zero-order valence-electron chi connectivity index (χ0n) is 13.0. The van der Waals surface area contributed by atoms with Gasteiger partial charge in [-0.05, 0) is 12.0 Å². The van der Waals surface area contributed by atoms with Crippen molar-refractivity contribution < 1.29 is 14.5 Å². The Labute approximate surface area is 133 Å². The van der Waals surface area contributed by atoms with Gasteiger partial charge in [0.05, 0.1) is 4.92 Å². The Kier molecular flexibility index (Phi) is 6.78. The molecule has 0 heterocycles. The van der Waals surface area contributed by atoms with Crippen LogP contribution >= 0.6 is 0 Å². The van der Waals surface area contributed by atoms with Gasteiger partial charge in [-0.25, -0.2) is 4.79 Å². The fourth-order valence-electron chi connectivity index (χ4n) is 1.96. The highest BCUT2D eigenvalue weighted by Crippen LogP contribution is 2.22. The number of carbonyl (C=O) groups excluding carboxylic acids is 2. The number of nitro benzene ring substituents is 1. The fourth-order valence-corrected chi connectivity index (χ4v) is 1.96. The van der Waals surface area contributed by atoms with Crippen LogP contribution in [-0.4, -0.2) is 36.0 Å². The van der Waals surface area contributed by atoms with E-state index in [0.717, 1.165) is 0 Å². The Morgan fingerprint density at radius 2 is 1.91 bits per heavy atom. The number of hydrogen-bond donors (Lipinski definition) is 4. The fraction of sp³-hybridized carbons (Fsp3) is 0.429. The number of primary amides is 1. The lowest BCUT2D eigenvalue weighted by Gasteiger charge is -2.20. The predicted molar refractivity (Wildman–Crippen MR) is 85.9 cm³/mol. The van der Waals surface area contributed by atoms with Crippen LogP contribution in [-0.2, 0) is 4.79 Å². The number of carbonyl (C=O) groups is 2. The van der Waals surface area contributed by atoms with Crippen molar-refractivity contribution in [3.05, 3.63) is 34.4 Å². The summed E-state index contributed by atoms with van der Waals surface area (Å²) < 4.78 is 0. The van der Waals surface area contributed by atoms with E-state index in [0.29, 0.717) is 12.2 Å². The molecule has 0 aromatic heterocycles. The van der Waals surface area contributed by atoms with Crippen molar-refractivity contribution in [1.82, 2.24) is 10.6 Å². The van der Waals surface area contributed by atoms with Crippen molar-refractivity contribution in [2.45, 2.75) is 19.9 Å². The molecule has 3 amide bonds. The topological polar surface area (TPSA) is 139 Å². The summed E-state index contributed by atoms with van der Waals surface area (Å²) in [5.41, 5.74) is 5.38. The van der Waals surface area contributed by atoms with Crippen molar-refractivity contribution in [3.63, 3.8) is 0 Å². The summed E-state index contributed by atoms with van der Waals surface area (Å²) in [6.07, 6.45) is 0. The van der Waals surface area contributed by atoms with Gasteiger partial charge in [-0.15, -0.1) is 0 Å². The summed E-state index contributed by atoms with van der Waals surface area (Å²) >= 11 is 0. The Bertz CT molecular complexity index is 576. The highest BCUT2D eigenvalue weighted by Gasteiger charge is 2.22. The van der Waals surface area contributed by atoms with Gasteiger partial charge in [0, 0.05) is 19.2 Å². The zero-order valence-corrected chi connectivity index (χ0v) is 13.0. The second-order valence-electron chi connectivity index (χ2n) is 5.22. The average molecular weight is 323 g/mol. The second-order valence-corrected chi connectivity index (χ2v) is 5.22. The normalized spacial score (nSPS) is 11.6. The molecule has 9 heteroatoms. The minimum Gasteiger partial charge on any atom is -0.378 e. The molecule has 0 unspecified atom stereocenters. The number of benzene rings is 1. The summed E-state index contributed by atoms with van der Waals surface area (Å²) in [6, 6.07) is 4.75. The molecule has 0 radical (unpaired) electrons. The third-order valence-electron chi connectivity index (χ3n) is 3.09. The van der Waals surface area contributed by atoms with Gasteiger partial charge in [0.2, 0.25) is 5.91 Å². The number of nitrogens with one attached hydrogen (secondary N) is 3. The molecule has 1 aromatic carbocycles. The number of hydrogen-bond acceptors (Lipinski definition) is 5. The second kappa shape index (κ2) is 8.57. The van der Waals surface area contributed by atoms with Gasteiger partial charge < -0.3 is 21.7 Å². The first kappa shape index (κ1) is 18.2. The lowest BCUT2D eigenvalue weighted by Crippen LogP contribution is -2.51. The van der Waals surface area contributed by atoms with E-state index < -0.39 is 17.0 Å². The molecule has 1 rings (SSSR count). The first-order valence-corrected chi connectivity index (χ1v) is 7.14. The van der Waals surface area contributed by atoms with Crippen molar-refractivity contribution in [2.24, 2.45) is 11.7 Å². The van der Waals surface area contributed by atoms with Crippen LogP contribution in [0.3, 0.4) is 0 Å². The summed E-state index contributed by atoms with van der Waals surface area (Å²) in [4.78, 5) is 33.3. The number of rotatable bonds is 8. The van der Waals surface area contributed by atoms with E-state index in [1.54, 1.807) is 32.0 Å². The van der Waals surface area contributed by atoms with Crippen LogP contribution in [0.15, 0.2) is 24.3 Å². The standard InChI is InChI=1S/C14H21N5O4/c1-9(2)12(18-14(15)21)13(20)17-8-7-16-10-5-3-4-6-11(10)19(22)23/h3-6,9,12,16H,7-8H2,1-2H3,(H,17,20)(H3,15,18,21)/t12-/m0/s1. The van der Waals surface area contributed by atoms with E-state index in [1.807, 2.05) is 0 Å². The SMILES string of the molecule is CC(C)[C@H](NC(N)=O)C(=O)NCCNc1ccccc1[N+](=O)[O-]. The minimum atomic E-state index is -0.767. The number of urea groups is 1. The van der Waals surface area contributed by atoms with Crippen molar-refractivity contribution in [2.75, 3.05) is 18.4 Å². The molecule has 1 aromatic rings. The average Bonchev–Trinajstić information content (AvgIpc) is 2.48. The van der Waals surface area contributed by atoms with Gasteiger partial charge in [0.1, 0.15) is 11.7 Å². The quantitative estimate of drug-likeness (QED) is 0.318. The van der Waals surface area contributed by atoms with Crippen LogP contribution in [0.5, 0.6) is 0 Å². The molecule has 126 valence electrons. The maximum Gasteiger partial charge on any atom is 0.312 e. The van der Waals surface area contributed by atoms with E-state index in [-0.39, 0.29) is 24.1 Å². The number of nitrogens with zero attached hydrogens (tertiary/aromatic N) is 1. The van der Waals surface area contributed by atoms with Gasteiger partial charge in [-0.2, -0.15) is 0 Å². The number of anilines is 1. The predicted octanol–water partition coefficient (Wildman–Crippen LogP) is 0.816. The molecule has 0 saturated carbocycles. The molecule has 0 aliphatic rings. The maximum atomic E-state index is 12.0. The molecular weight excluding hydrogens is 302 g/mol. The van der Waals surface area contributed by atoms with Crippen molar-refractivity contribution in [3.8, 4) is 0 Å². The smallest absolute Gasteiger partial charge is 0.312 e. The summed E-state index contributed by atoms with van der Waals surface area (Å²) in [5.74, 6) is -0.478. The van der Waals surface area contributed by atoms with Crippen molar-refractivity contribution in [1.29, 1.82) is 0 Å². The molecule has 0 aliphatic heterocycles. The zero-order chi connectivity index (χ0) is 17.4. The Balaban J connectivity index is 2.49. The monoisotopic (exact) mass is 323 g/mol. The van der Waals surface area contributed by atoms with Gasteiger partial charge in [0.15, 0.2) is 0 Å². The highest BCUT2D eigenvalue weighted by atomic mass is 16.6. The molecule has 0 saturated heterocycles.